The largest absolute Gasteiger partial charge is 0.494 e. The molecule has 744 valence electrons. The summed E-state index contributed by atoms with van der Waals surface area (Å²) in [5.41, 5.74) is 7.00. The lowest BCUT2D eigenvalue weighted by Crippen LogP contribution is -2.51. The fraction of sp³-hybridized carbons (Fsp3) is 0.661. The van der Waals surface area contributed by atoms with Crippen molar-refractivity contribution in [3.63, 3.8) is 0 Å². The van der Waals surface area contributed by atoms with Crippen LogP contribution in [0.25, 0.3) is 0 Å². The van der Waals surface area contributed by atoms with Crippen molar-refractivity contribution in [1.29, 1.82) is 0 Å². The summed E-state index contributed by atoms with van der Waals surface area (Å²) in [7, 11) is 0. The number of alkyl halides is 6. The molecule has 11 rings (SSSR count). The van der Waals surface area contributed by atoms with Gasteiger partial charge in [0, 0.05) is 19.6 Å². The van der Waals surface area contributed by atoms with Gasteiger partial charge >= 0.3 is 48.2 Å². The Labute approximate surface area is 796 Å². The SMILES string of the molecule is CCCCCCCCCCOc1ccc2c(c1)CCC(C(=O)Oc1ccc(C(=O)OC(CCCOCC)C(F)(F)F)cc1)C2.CCCCCCCCCCOc1ccc2c(c1)CCC(C(=O)Oc1ccc(CCC(=O)OC(CCCC)C(F)(F)F)cc1)C2.CCCCCCCCOc1ccc(OC(=O)C2CCC3(C)C(=CCC4C3CCC3(C)C(C(=O)OCCCCCC)CCC43)C2)cc1. The standard InChI is InChI=1S/C41H62O5.C36H49F3O5.C35H47F3O6/c1-5-7-9-11-12-14-27-44-32-16-18-33(19-17-32)46-38(42)30-23-25-40(3)31(29-30)15-20-34-35-21-22-37(41(35,4)26-24-36(34)40)39(43)45-28-13-10-8-6-2;1-3-5-7-8-9-10-11-12-24-42-32-22-19-28-25-30(18-17-29(28)26-32)35(41)43-31-20-14-27(15-21-31)16-23-34(40)44-33(13-6-4-2)36(37,38)39;1-3-5-6-7-8-9-10-11-23-42-31-21-18-27-24-29(15-14-28(27)25-31)34(40)43-30-19-16-26(17-20-30)33(39)44-32(35(36,37)38)13-12-22-41-4-2/h15-19,30,34-37H,5-14,20-29H2,1-4H3;14-15,19-22,26,30,33H,3-13,16-18,23-25H2,1-2H3;16-21,25,29,32H,3-15,22-24H2,1-2H3. The lowest BCUT2D eigenvalue weighted by Gasteiger charge is -2.57. The molecular formula is C112H158F6O16. The third-order valence-corrected chi connectivity index (χ3v) is 28.9. The summed E-state index contributed by atoms with van der Waals surface area (Å²) in [5.74, 6) is 2.36. The zero-order valence-electron chi connectivity index (χ0n) is 81.9. The van der Waals surface area contributed by atoms with E-state index in [2.05, 4.69) is 65.8 Å². The highest BCUT2D eigenvalue weighted by atomic mass is 19.4. The zero-order valence-corrected chi connectivity index (χ0v) is 81.9. The minimum atomic E-state index is -4.68. The van der Waals surface area contributed by atoms with E-state index in [9.17, 15) is 55.1 Å². The minimum absolute atomic E-state index is 0.0502. The minimum Gasteiger partial charge on any atom is -0.494 e. The van der Waals surface area contributed by atoms with Gasteiger partial charge in [0.2, 0.25) is 0 Å². The number of hydrogen-bond donors (Lipinski definition) is 0. The number of carbonyl (C=O) groups is 6. The van der Waals surface area contributed by atoms with Gasteiger partial charge in [0.15, 0.2) is 12.2 Å². The maximum atomic E-state index is 13.3. The average molecular weight is 1870 g/mol. The molecule has 0 saturated heterocycles. The first-order valence-corrected chi connectivity index (χ1v) is 51.7. The van der Waals surface area contributed by atoms with E-state index in [4.69, 9.17) is 47.4 Å². The number of aryl methyl sites for hydroxylation is 3. The van der Waals surface area contributed by atoms with Gasteiger partial charge in [-0.3, -0.25) is 24.0 Å². The first kappa shape index (κ1) is 109. The van der Waals surface area contributed by atoms with Crippen molar-refractivity contribution in [3.05, 3.63) is 154 Å². The molecule has 16 nitrogen and oxygen atoms in total. The van der Waals surface area contributed by atoms with Gasteiger partial charge in [0.05, 0.1) is 55.7 Å². The monoisotopic (exact) mass is 1870 g/mol. The van der Waals surface area contributed by atoms with Crippen LogP contribution in [0.5, 0.6) is 34.5 Å². The molecule has 0 aromatic heterocycles. The van der Waals surface area contributed by atoms with Gasteiger partial charge in [-0.25, -0.2) is 4.79 Å². The highest BCUT2D eigenvalue weighted by Crippen LogP contribution is 2.67. The number of ether oxygens (including phenoxy) is 10. The van der Waals surface area contributed by atoms with Crippen molar-refractivity contribution in [3.8, 4) is 34.5 Å². The third kappa shape index (κ3) is 35.6. The molecule has 0 amide bonds. The molecule has 0 radical (unpaired) electrons. The number of allylic oxidation sites excluding steroid dienone is 2. The number of rotatable bonds is 54. The van der Waals surface area contributed by atoms with E-state index in [-0.39, 0.29) is 108 Å². The van der Waals surface area contributed by atoms with Crippen LogP contribution in [0.15, 0.2) is 121 Å². The predicted octanol–water partition coefficient (Wildman–Crippen LogP) is 29.0. The van der Waals surface area contributed by atoms with Crippen LogP contribution in [0.1, 0.15) is 363 Å². The number of halogens is 6. The molecule has 3 saturated carbocycles. The molecule has 5 aromatic rings. The van der Waals surface area contributed by atoms with Crippen LogP contribution in [0.2, 0.25) is 0 Å². The number of benzene rings is 5. The van der Waals surface area contributed by atoms with Gasteiger partial charge < -0.3 is 47.4 Å². The van der Waals surface area contributed by atoms with Gasteiger partial charge in [-0.15, -0.1) is 0 Å². The van der Waals surface area contributed by atoms with Crippen LogP contribution in [-0.2, 0) is 75.0 Å². The molecule has 3 fully saturated rings. The van der Waals surface area contributed by atoms with Crippen molar-refractivity contribution in [2.45, 2.75) is 382 Å². The molecule has 11 unspecified atom stereocenters. The van der Waals surface area contributed by atoms with E-state index >= 15 is 0 Å². The zero-order chi connectivity index (χ0) is 96.1. The second kappa shape index (κ2) is 57.7. The molecule has 5 aromatic carbocycles. The van der Waals surface area contributed by atoms with Crippen molar-refractivity contribution >= 4 is 35.8 Å². The summed E-state index contributed by atoms with van der Waals surface area (Å²) in [6, 6.07) is 31.8. The maximum absolute atomic E-state index is 13.3. The Balaban J connectivity index is 0.000000226. The van der Waals surface area contributed by atoms with Crippen LogP contribution >= 0.6 is 0 Å². The van der Waals surface area contributed by atoms with Crippen LogP contribution in [0.3, 0.4) is 0 Å². The average Bonchev–Trinajstić information content (AvgIpc) is 1.23. The number of unbranched alkanes of at least 4 members (excludes halogenated alkanes) is 23. The number of carbonyl (C=O) groups excluding carboxylic acids is 6. The van der Waals surface area contributed by atoms with E-state index in [0.29, 0.717) is 87.6 Å². The molecule has 134 heavy (non-hydrogen) atoms. The summed E-state index contributed by atoms with van der Waals surface area (Å²) in [6.07, 6.45) is 33.8. The first-order chi connectivity index (χ1) is 64.7. The van der Waals surface area contributed by atoms with E-state index in [1.807, 2.05) is 42.5 Å². The second-order valence-electron chi connectivity index (χ2n) is 38.9. The van der Waals surface area contributed by atoms with Gasteiger partial charge in [-0.05, 0) is 296 Å². The van der Waals surface area contributed by atoms with Gasteiger partial charge in [-0.2, -0.15) is 26.3 Å². The summed E-state index contributed by atoms with van der Waals surface area (Å²) in [4.78, 5) is 76.8. The number of esters is 6. The summed E-state index contributed by atoms with van der Waals surface area (Å²) in [5, 5.41) is 0. The molecule has 6 aliphatic carbocycles. The molecule has 0 heterocycles. The fourth-order valence-corrected chi connectivity index (χ4v) is 20.8. The van der Waals surface area contributed by atoms with Gasteiger partial charge in [-0.1, -0.05) is 232 Å². The Morgan fingerprint density at radius 3 is 1.31 bits per heavy atom. The first-order valence-electron chi connectivity index (χ1n) is 51.7. The Morgan fingerprint density at radius 1 is 0.396 bits per heavy atom. The smallest absolute Gasteiger partial charge is 0.425 e. The summed E-state index contributed by atoms with van der Waals surface area (Å²) < 4.78 is 135. The third-order valence-electron chi connectivity index (χ3n) is 28.9. The van der Waals surface area contributed by atoms with Crippen molar-refractivity contribution in [2.75, 3.05) is 39.6 Å². The summed E-state index contributed by atoms with van der Waals surface area (Å²) >= 11 is 0. The molecule has 22 heteroatoms. The molecular weight excluding hydrogens is 1720 g/mol. The highest BCUT2D eigenvalue weighted by Gasteiger charge is 2.61. The van der Waals surface area contributed by atoms with E-state index in [1.54, 1.807) is 38.1 Å². The Morgan fingerprint density at radius 2 is 0.821 bits per heavy atom. The topological polar surface area (TPSA) is 195 Å². The predicted molar refractivity (Wildman–Crippen MR) is 514 cm³/mol. The lowest BCUT2D eigenvalue weighted by molar-refractivity contribution is -0.222. The quantitative estimate of drug-likeness (QED) is 0.00890. The molecule has 0 N–H and O–H groups in total. The van der Waals surface area contributed by atoms with Gasteiger partial charge in [0.1, 0.15) is 34.5 Å². The highest BCUT2D eigenvalue weighted by molar-refractivity contribution is 5.90. The van der Waals surface area contributed by atoms with Crippen LogP contribution in [-0.4, -0.2) is 100 Å². The Hall–Kier alpha value is -8.40. The van der Waals surface area contributed by atoms with Crippen molar-refractivity contribution in [2.24, 2.45) is 52.3 Å². The molecule has 0 spiro atoms. The van der Waals surface area contributed by atoms with Crippen molar-refractivity contribution in [1.82, 2.24) is 0 Å². The maximum Gasteiger partial charge on any atom is 0.425 e. The van der Waals surface area contributed by atoms with Crippen LogP contribution in [0.4, 0.5) is 26.3 Å². The second-order valence-corrected chi connectivity index (χ2v) is 38.9. The van der Waals surface area contributed by atoms with E-state index < -0.39 is 36.5 Å². The Kier molecular flexibility index (Phi) is 47.1. The van der Waals surface area contributed by atoms with Gasteiger partial charge in [0.25, 0.3) is 0 Å². The molecule has 0 aliphatic heterocycles. The lowest BCUT2D eigenvalue weighted by atomic mass is 9.47. The van der Waals surface area contributed by atoms with Crippen LogP contribution in [0, 0.1) is 52.3 Å². The molecule has 0 bridgehead atoms. The number of fused-ring (bicyclic) bond motifs is 7. The fourth-order valence-electron chi connectivity index (χ4n) is 20.8. The Bertz CT molecular complexity index is 4330. The van der Waals surface area contributed by atoms with Crippen LogP contribution < -0.4 is 28.4 Å². The molecule has 11 atom stereocenters. The van der Waals surface area contributed by atoms with Crippen molar-refractivity contribution < 1.29 is 102 Å². The van der Waals surface area contributed by atoms with E-state index in [0.717, 1.165) is 137 Å². The normalized spacial score (nSPS) is 20.9. The van der Waals surface area contributed by atoms with E-state index in [1.165, 1.54) is 182 Å². The number of hydrogen-bond acceptors (Lipinski definition) is 16. The summed E-state index contributed by atoms with van der Waals surface area (Å²) in [6.45, 7) is 20.6. The molecule has 6 aliphatic rings.